The van der Waals surface area contributed by atoms with Crippen LogP contribution in [-0.4, -0.2) is 123 Å². The minimum Gasteiger partial charge on any atom is -0.379 e. The van der Waals surface area contributed by atoms with E-state index in [4.69, 9.17) is 39.0 Å². The van der Waals surface area contributed by atoms with Gasteiger partial charge >= 0.3 is 0 Å². The number of hydrogen-bond donors (Lipinski definition) is 5. The Bertz CT molecular complexity index is 524. The van der Waals surface area contributed by atoms with Gasteiger partial charge in [0.05, 0.1) is 85.9 Å². The Balaban J connectivity index is 3.19. The second-order valence-electron chi connectivity index (χ2n) is 7.78. The molecule has 1 unspecified atom stereocenters. The number of hydrazine groups is 1. The largest absolute Gasteiger partial charge is 0.379 e. The molecule has 0 spiro atoms. The molecular formula is C23H50N6O9. The van der Waals surface area contributed by atoms with Crippen LogP contribution in [0.3, 0.4) is 0 Å². The van der Waals surface area contributed by atoms with Gasteiger partial charge in [-0.25, -0.2) is 5.43 Å². The van der Waals surface area contributed by atoms with Gasteiger partial charge in [0.1, 0.15) is 12.9 Å². The minimum atomic E-state index is -0.867. The lowest BCUT2D eigenvalue weighted by molar-refractivity contribution is -0.121. The van der Waals surface area contributed by atoms with Crippen LogP contribution in [0.2, 0.25) is 0 Å². The number of aliphatic hydroxyl groups is 1. The molecule has 0 aliphatic heterocycles. The maximum Gasteiger partial charge on any atom is 0.220 e. The number of carbonyl (C=O) groups excluding carboxylic acids is 1. The quantitative estimate of drug-likeness (QED) is 0.0243. The summed E-state index contributed by atoms with van der Waals surface area (Å²) in [6.45, 7) is 9.96. The molecule has 0 heterocycles. The fourth-order valence-electron chi connectivity index (χ4n) is 2.62. The van der Waals surface area contributed by atoms with Crippen molar-refractivity contribution in [1.82, 2.24) is 16.2 Å². The van der Waals surface area contributed by atoms with Crippen LogP contribution in [0.15, 0.2) is 10.3 Å². The van der Waals surface area contributed by atoms with Gasteiger partial charge < -0.3 is 43.6 Å². The molecule has 0 aliphatic rings. The van der Waals surface area contributed by atoms with Gasteiger partial charge in [-0.05, 0) is 19.3 Å². The van der Waals surface area contributed by atoms with Gasteiger partial charge in [0.25, 0.3) is 0 Å². The number of nitrogens with one attached hydrogen (secondary N) is 3. The van der Waals surface area contributed by atoms with Gasteiger partial charge in [0.2, 0.25) is 5.91 Å². The normalized spacial score (nSPS) is 12.3. The van der Waals surface area contributed by atoms with E-state index in [1.165, 1.54) is 0 Å². The standard InChI is InChI=1S/C23H50N6O9/c1-2-7-32-9-11-34-13-15-36-17-19-38-20-18-37-16-14-35-12-10-33-8-6-25-22(30)4-3-5-23(31)28-29-27-21-26-24/h23,26,31H,2-21,24H2,1H3,(H,25,30)(H,27,28). The Morgan fingerprint density at radius 1 is 0.763 bits per heavy atom. The van der Waals surface area contributed by atoms with E-state index in [0.717, 1.165) is 13.0 Å². The number of hydrogen-bond acceptors (Lipinski definition) is 13. The third kappa shape index (κ3) is 30.7. The van der Waals surface area contributed by atoms with Crippen molar-refractivity contribution in [1.29, 1.82) is 0 Å². The average molecular weight is 555 g/mol. The SMILES string of the molecule is CCCOCCOCCOCCOCCOCCOCCOCCNC(=O)CCCC(O)NN=NCNN. The zero-order chi connectivity index (χ0) is 27.8. The summed E-state index contributed by atoms with van der Waals surface area (Å²) in [7, 11) is 0. The van der Waals surface area contributed by atoms with E-state index in [1.807, 2.05) is 0 Å². The van der Waals surface area contributed by atoms with E-state index in [1.54, 1.807) is 0 Å². The molecule has 15 nitrogen and oxygen atoms in total. The molecule has 38 heavy (non-hydrogen) atoms. The predicted octanol–water partition coefficient (Wildman–Crippen LogP) is -0.505. The molecule has 0 radical (unpaired) electrons. The second-order valence-corrected chi connectivity index (χ2v) is 7.78. The van der Waals surface area contributed by atoms with Crippen molar-refractivity contribution >= 4 is 5.91 Å². The highest BCUT2D eigenvalue weighted by Gasteiger charge is 2.05. The van der Waals surface area contributed by atoms with Crippen molar-refractivity contribution in [2.75, 3.05) is 106 Å². The molecule has 15 heteroatoms. The van der Waals surface area contributed by atoms with E-state index in [9.17, 15) is 9.90 Å². The first kappa shape index (κ1) is 36.5. The first-order valence-electron chi connectivity index (χ1n) is 13.2. The summed E-state index contributed by atoms with van der Waals surface area (Å²) in [6.07, 6.45) is 1.33. The van der Waals surface area contributed by atoms with Gasteiger partial charge in [-0.2, -0.15) is 5.11 Å². The molecule has 6 N–H and O–H groups in total. The van der Waals surface area contributed by atoms with Crippen molar-refractivity contribution in [3.8, 4) is 0 Å². The molecule has 0 aromatic rings. The molecule has 1 amide bonds. The van der Waals surface area contributed by atoms with E-state index in [-0.39, 0.29) is 12.6 Å². The lowest BCUT2D eigenvalue weighted by atomic mass is 10.2. The van der Waals surface area contributed by atoms with Gasteiger partial charge in [-0.1, -0.05) is 12.1 Å². The van der Waals surface area contributed by atoms with Crippen molar-refractivity contribution in [3.63, 3.8) is 0 Å². The van der Waals surface area contributed by atoms with Crippen molar-refractivity contribution in [2.45, 2.75) is 38.8 Å². The molecule has 226 valence electrons. The molecule has 0 aliphatic carbocycles. The van der Waals surface area contributed by atoms with Crippen LogP contribution in [0.1, 0.15) is 32.6 Å². The first-order chi connectivity index (χ1) is 18.7. The van der Waals surface area contributed by atoms with E-state index >= 15 is 0 Å². The Morgan fingerprint density at radius 3 is 1.66 bits per heavy atom. The minimum absolute atomic E-state index is 0.103. The van der Waals surface area contributed by atoms with Crippen LogP contribution in [0.5, 0.6) is 0 Å². The average Bonchev–Trinajstić information content (AvgIpc) is 2.91. The maximum absolute atomic E-state index is 11.7. The van der Waals surface area contributed by atoms with Crippen molar-refractivity contribution in [3.05, 3.63) is 0 Å². The molecule has 0 saturated carbocycles. The summed E-state index contributed by atoms with van der Waals surface area (Å²) in [5, 5.41) is 19.5. The highest BCUT2D eigenvalue weighted by atomic mass is 16.6. The van der Waals surface area contributed by atoms with E-state index in [0.29, 0.717) is 112 Å². The van der Waals surface area contributed by atoms with Gasteiger partial charge in [-0.3, -0.25) is 16.1 Å². The monoisotopic (exact) mass is 554 g/mol. The highest BCUT2D eigenvalue weighted by Crippen LogP contribution is 1.99. The molecule has 0 rings (SSSR count). The molecule has 0 aromatic carbocycles. The number of ether oxygens (including phenoxy) is 7. The third-order valence-corrected chi connectivity index (χ3v) is 4.47. The van der Waals surface area contributed by atoms with Gasteiger partial charge in [0, 0.05) is 19.6 Å². The number of aliphatic hydroxyl groups excluding tert-OH is 1. The lowest BCUT2D eigenvalue weighted by Crippen LogP contribution is -2.28. The van der Waals surface area contributed by atoms with Gasteiger partial charge in [-0.15, -0.1) is 0 Å². The topological polar surface area (TPSA) is 189 Å². The maximum atomic E-state index is 11.7. The molecule has 1 atom stereocenters. The van der Waals surface area contributed by atoms with E-state index < -0.39 is 6.23 Å². The molecule has 0 saturated heterocycles. The molecule has 0 bridgehead atoms. The number of amides is 1. The lowest BCUT2D eigenvalue weighted by Gasteiger charge is -2.10. The van der Waals surface area contributed by atoms with Gasteiger partial charge in [0.15, 0.2) is 0 Å². The Labute approximate surface area is 226 Å². The van der Waals surface area contributed by atoms with Crippen LogP contribution in [0.4, 0.5) is 0 Å². The van der Waals surface area contributed by atoms with E-state index in [2.05, 4.69) is 33.4 Å². The number of carbonyl (C=O) groups is 1. The van der Waals surface area contributed by atoms with Crippen LogP contribution in [-0.2, 0) is 38.0 Å². The Hall–Kier alpha value is -1.53. The zero-order valence-electron chi connectivity index (χ0n) is 22.9. The molecule has 0 aromatic heterocycles. The number of nitrogens with zero attached hydrogens (tertiary/aromatic N) is 2. The van der Waals surface area contributed by atoms with Crippen molar-refractivity contribution < 1.29 is 43.1 Å². The second kappa shape index (κ2) is 31.7. The number of nitrogens with two attached hydrogens (primary N) is 1. The Kier molecular flexibility index (Phi) is 30.4. The molecular weight excluding hydrogens is 504 g/mol. The highest BCUT2D eigenvalue weighted by molar-refractivity contribution is 5.75. The smallest absolute Gasteiger partial charge is 0.220 e. The fraction of sp³-hybridized carbons (Fsp3) is 0.957. The summed E-state index contributed by atoms with van der Waals surface area (Å²) in [4.78, 5) is 11.7. The van der Waals surface area contributed by atoms with Crippen LogP contribution in [0.25, 0.3) is 0 Å². The molecule has 0 fully saturated rings. The summed E-state index contributed by atoms with van der Waals surface area (Å²) in [6, 6.07) is 0. The Morgan fingerprint density at radius 2 is 1.21 bits per heavy atom. The fourth-order valence-corrected chi connectivity index (χ4v) is 2.62. The van der Waals surface area contributed by atoms with Crippen LogP contribution < -0.4 is 22.0 Å². The van der Waals surface area contributed by atoms with Crippen molar-refractivity contribution in [2.24, 2.45) is 16.2 Å². The number of rotatable bonds is 31. The summed E-state index contributed by atoms with van der Waals surface area (Å²) in [5.74, 6) is 4.92. The summed E-state index contributed by atoms with van der Waals surface area (Å²) < 4.78 is 37.8. The zero-order valence-corrected chi connectivity index (χ0v) is 22.9. The summed E-state index contributed by atoms with van der Waals surface area (Å²) >= 11 is 0. The first-order valence-corrected chi connectivity index (χ1v) is 13.2. The summed E-state index contributed by atoms with van der Waals surface area (Å²) in [5.41, 5.74) is 4.73. The third-order valence-electron chi connectivity index (χ3n) is 4.47. The van der Waals surface area contributed by atoms with Crippen LogP contribution in [0, 0.1) is 0 Å². The van der Waals surface area contributed by atoms with Crippen LogP contribution >= 0.6 is 0 Å². The predicted molar refractivity (Wildman–Crippen MR) is 139 cm³/mol.